The van der Waals surface area contributed by atoms with Crippen molar-refractivity contribution in [3.05, 3.63) is 41.1 Å². The molecule has 2 fully saturated rings. The summed E-state index contributed by atoms with van der Waals surface area (Å²) in [6.45, 7) is 5.23. The van der Waals surface area contributed by atoms with Gasteiger partial charge in [0.25, 0.3) is 5.56 Å². The molecule has 148 valence electrons. The molecule has 0 atom stereocenters. The molecule has 5 rings (SSSR count). The first kappa shape index (κ1) is 18.4. The molecule has 2 aliphatic heterocycles. The number of anilines is 2. The van der Waals surface area contributed by atoms with Gasteiger partial charge in [-0.1, -0.05) is 0 Å². The molecule has 0 aliphatic carbocycles. The van der Waals surface area contributed by atoms with Crippen LogP contribution in [0.25, 0.3) is 10.9 Å². The number of piperidine rings is 1. The van der Waals surface area contributed by atoms with Crippen LogP contribution in [0.2, 0.25) is 0 Å². The van der Waals surface area contributed by atoms with Gasteiger partial charge >= 0.3 is 0 Å². The van der Waals surface area contributed by atoms with Gasteiger partial charge in [0.15, 0.2) is 0 Å². The first-order valence-electron chi connectivity index (χ1n) is 9.72. The average Bonchev–Trinajstić information content (AvgIpc) is 3.31. The summed E-state index contributed by atoms with van der Waals surface area (Å²) in [5.74, 6) is 1.74. The summed E-state index contributed by atoms with van der Waals surface area (Å²) in [5.41, 5.74) is 0.648. The molecule has 0 radical (unpaired) electrons. The maximum Gasteiger partial charge on any atom is 0.258 e. The summed E-state index contributed by atoms with van der Waals surface area (Å²) in [5, 5.41) is 7.32. The number of ether oxygens (including phenoxy) is 1. The average molecular weight is 383 g/mol. The van der Waals surface area contributed by atoms with E-state index >= 15 is 0 Å². The highest BCUT2D eigenvalue weighted by atomic mass is 16.5. The molecule has 9 nitrogen and oxygen atoms in total. The number of hydrogen-bond donors (Lipinski definition) is 2. The zero-order valence-electron chi connectivity index (χ0n) is 15.8. The molecule has 0 saturated carbocycles. The molecule has 3 aromatic heterocycles. The summed E-state index contributed by atoms with van der Waals surface area (Å²) < 4.78 is 5.29. The lowest BCUT2D eigenvalue weighted by atomic mass is 10.1. The van der Waals surface area contributed by atoms with Gasteiger partial charge in [0.2, 0.25) is 5.95 Å². The Morgan fingerprint density at radius 1 is 1.00 bits per heavy atom. The molecule has 2 saturated heterocycles. The van der Waals surface area contributed by atoms with Crippen molar-refractivity contribution in [2.45, 2.75) is 19.3 Å². The molecule has 0 aromatic carbocycles. The maximum absolute atomic E-state index is 11.9. The summed E-state index contributed by atoms with van der Waals surface area (Å²) in [6.07, 6.45) is 7.17. The second-order valence-electron chi connectivity index (χ2n) is 6.88. The Bertz CT molecular complexity index is 929. The van der Waals surface area contributed by atoms with Crippen LogP contribution in [0.15, 0.2) is 35.5 Å². The third kappa shape index (κ3) is 4.30. The van der Waals surface area contributed by atoms with Crippen LogP contribution < -0.4 is 15.4 Å². The van der Waals surface area contributed by atoms with E-state index in [2.05, 4.69) is 34.9 Å². The van der Waals surface area contributed by atoms with Gasteiger partial charge in [-0.2, -0.15) is 10.1 Å². The van der Waals surface area contributed by atoms with Crippen LogP contribution in [0.1, 0.15) is 19.3 Å². The Morgan fingerprint density at radius 3 is 2.57 bits per heavy atom. The second-order valence-corrected chi connectivity index (χ2v) is 6.88. The number of aromatic nitrogens is 5. The van der Waals surface area contributed by atoms with Gasteiger partial charge in [0, 0.05) is 38.4 Å². The molecule has 0 amide bonds. The van der Waals surface area contributed by atoms with E-state index in [9.17, 15) is 4.79 Å². The SMILES string of the molecule is O=c1[nH]c(N2CCOCC2)cc2ncccc12.c1n[nH]c(N2CCCCC2)n1. The maximum atomic E-state index is 11.9. The fourth-order valence-electron chi connectivity index (χ4n) is 3.51. The summed E-state index contributed by atoms with van der Waals surface area (Å²) in [6, 6.07) is 5.47. The van der Waals surface area contributed by atoms with Crippen LogP contribution in [0, 0.1) is 0 Å². The van der Waals surface area contributed by atoms with Crippen molar-refractivity contribution in [2.75, 3.05) is 49.2 Å². The number of aromatic amines is 2. The number of rotatable bonds is 2. The van der Waals surface area contributed by atoms with E-state index in [1.165, 1.54) is 19.3 Å². The Balaban J connectivity index is 0.000000151. The number of fused-ring (bicyclic) bond motifs is 1. The van der Waals surface area contributed by atoms with Crippen LogP contribution in [0.3, 0.4) is 0 Å². The highest BCUT2D eigenvalue weighted by Crippen LogP contribution is 2.15. The van der Waals surface area contributed by atoms with Crippen molar-refractivity contribution in [3.8, 4) is 0 Å². The largest absolute Gasteiger partial charge is 0.378 e. The third-order valence-corrected chi connectivity index (χ3v) is 5.01. The quantitative estimate of drug-likeness (QED) is 0.692. The number of nitrogens with one attached hydrogen (secondary N) is 2. The monoisotopic (exact) mass is 383 g/mol. The van der Waals surface area contributed by atoms with E-state index in [0.29, 0.717) is 18.6 Å². The Morgan fingerprint density at radius 2 is 1.82 bits per heavy atom. The van der Waals surface area contributed by atoms with Crippen molar-refractivity contribution >= 4 is 22.7 Å². The number of hydrogen-bond acceptors (Lipinski definition) is 7. The van der Waals surface area contributed by atoms with Gasteiger partial charge in [0.05, 0.1) is 24.1 Å². The Kier molecular flexibility index (Phi) is 5.81. The summed E-state index contributed by atoms with van der Waals surface area (Å²) in [7, 11) is 0. The molecule has 28 heavy (non-hydrogen) atoms. The predicted octanol–water partition coefficient (Wildman–Crippen LogP) is 1.55. The molecule has 2 aliphatic rings. The van der Waals surface area contributed by atoms with Crippen LogP contribution in [-0.2, 0) is 4.74 Å². The van der Waals surface area contributed by atoms with Crippen LogP contribution in [-0.4, -0.2) is 64.5 Å². The number of morpholine rings is 1. The van der Waals surface area contributed by atoms with Crippen molar-refractivity contribution in [2.24, 2.45) is 0 Å². The molecular formula is C19H25N7O2. The van der Waals surface area contributed by atoms with Gasteiger partial charge in [-0.05, 0) is 31.4 Å². The molecule has 0 unspecified atom stereocenters. The fraction of sp³-hybridized carbons (Fsp3) is 0.474. The predicted molar refractivity (Wildman–Crippen MR) is 108 cm³/mol. The van der Waals surface area contributed by atoms with Gasteiger partial charge in [0.1, 0.15) is 12.1 Å². The lowest BCUT2D eigenvalue weighted by molar-refractivity contribution is 0.122. The van der Waals surface area contributed by atoms with Crippen LogP contribution in [0.4, 0.5) is 11.8 Å². The normalized spacial score (nSPS) is 17.3. The molecule has 3 aromatic rings. The first-order chi connectivity index (χ1) is 13.8. The zero-order valence-corrected chi connectivity index (χ0v) is 15.8. The van der Waals surface area contributed by atoms with Gasteiger partial charge in [-0.3, -0.25) is 9.78 Å². The second kappa shape index (κ2) is 8.83. The number of H-pyrrole nitrogens is 2. The smallest absolute Gasteiger partial charge is 0.258 e. The van der Waals surface area contributed by atoms with Crippen molar-refractivity contribution in [1.29, 1.82) is 0 Å². The summed E-state index contributed by atoms with van der Waals surface area (Å²) in [4.78, 5) is 27.5. The fourth-order valence-corrected chi connectivity index (χ4v) is 3.51. The number of pyridine rings is 2. The van der Waals surface area contributed by atoms with Crippen LogP contribution >= 0.6 is 0 Å². The van der Waals surface area contributed by atoms with Crippen molar-refractivity contribution < 1.29 is 4.74 Å². The van der Waals surface area contributed by atoms with E-state index < -0.39 is 0 Å². The molecule has 5 heterocycles. The summed E-state index contributed by atoms with van der Waals surface area (Å²) >= 11 is 0. The van der Waals surface area contributed by atoms with Gasteiger partial charge in [-0.25, -0.2) is 5.10 Å². The third-order valence-electron chi connectivity index (χ3n) is 5.01. The van der Waals surface area contributed by atoms with Gasteiger partial charge in [-0.15, -0.1) is 0 Å². The topological polar surface area (TPSA) is 103 Å². The highest BCUT2D eigenvalue weighted by Gasteiger charge is 2.13. The van der Waals surface area contributed by atoms with Crippen LogP contribution in [0.5, 0.6) is 0 Å². The number of nitrogens with zero attached hydrogens (tertiary/aromatic N) is 5. The minimum absolute atomic E-state index is 0.0860. The standard InChI is InChI=1S/C12H13N3O2.C7H12N4/c16-12-9-2-1-3-13-10(9)8-11(14-12)15-4-6-17-7-5-15;1-2-4-11(5-3-1)7-8-6-9-10-7/h1-3,8H,4-7H2,(H,14,16);6H,1-5H2,(H,8,9,10). The van der Waals surface area contributed by atoms with E-state index in [4.69, 9.17) is 4.74 Å². The Hall–Kier alpha value is -2.94. The van der Waals surface area contributed by atoms with E-state index in [1.54, 1.807) is 24.7 Å². The minimum Gasteiger partial charge on any atom is -0.378 e. The lowest BCUT2D eigenvalue weighted by Crippen LogP contribution is -2.37. The van der Waals surface area contributed by atoms with Gasteiger partial charge < -0.3 is 19.5 Å². The van der Waals surface area contributed by atoms with Crippen molar-refractivity contribution in [3.63, 3.8) is 0 Å². The van der Waals surface area contributed by atoms with Crippen molar-refractivity contribution in [1.82, 2.24) is 25.1 Å². The Labute approximate surface area is 162 Å². The molecule has 0 bridgehead atoms. The lowest BCUT2D eigenvalue weighted by Gasteiger charge is -2.28. The molecule has 0 spiro atoms. The van der Waals surface area contributed by atoms with E-state index in [1.807, 2.05) is 6.07 Å². The van der Waals surface area contributed by atoms with E-state index in [0.717, 1.165) is 43.5 Å². The minimum atomic E-state index is -0.0860. The first-order valence-corrected chi connectivity index (χ1v) is 9.72. The highest BCUT2D eigenvalue weighted by molar-refractivity contribution is 5.79. The molecule has 2 N–H and O–H groups in total. The molecular weight excluding hydrogens is 358 g/mol. The molecule has 9 heteroatoms. The zero-order chi connectivity index (χ0) is 19.2. The van der Waals surface area contributed by atoms with E-state index in [-0.39, 0.29) is 5.56 Å².